The molecule has 1 atom stereocenters. The minimum Gasteiger partial charge on any atom is -0.497 e. The van der Waals surface area contributed by atoms with E-state index in [1.54, 1.807) is 12.1 Å². The summed E-state index contributed by atoms with van der Waals surface area (Å²) in [4.78, 5) is 33.1. The van der Waals surface area contributed by atoms with Crippen molar-refractivity contribution in [2.45, 2.75) is 12.5 Å². The van der Waals surface area contributed by atoms with Gasteiger partial charge in [-0.2, -0.15) is 0 Å². The number of carbonyl (C=O) groups is 3. The van der Waals surface area contributed by atoms with Crippen LogP contribution >= 0.6 is 0 Å². The summed E-state index contributed by atoms with van der Waals surface area (Å²) >= 11 is 0. The number of carboxylic acid groups (broad SMARTS) is 2. The maximum absolute atomic E-state index is 11.8. The fourth-order valence-electron chi connectivity index (χ4n) is 1.38. The van der Waals surface area contributed by atoms with Crippen molar-refractivity contribution in [2.24, 2.45) is 0 Å². The molecule has 0 unspecified atom stereocenters. The number of methoxy groups -OCH3 is 1. The molecule has 1 rings (SSSR count). The quantitative estimate of drug-likeness (QED) is 0.685. The molecule has 0 aliphatic carbocycles. The molecule has 0 aliphatic heterocycles. The molecule has 7 heteroatoms. The van der Waals surface area contributed by atoms with Crippen LogP contribution in [0.2, 0.25) is 0 Å². The number of hydrogen-bond acceptors (Lipinski definition) is 4. The van der Waals surface area contributed by atoms with Crippen LogP contribution in [0.3, 0.4) is 0 Å². The van der Waals surface area contributed by atoms with Gasteiger partial charge in [0.25, 0.3) is 5.91 Å². The summed E-state index contributed by atoms with van der Waals surface area (Å²) in [6.07, 6.45) is -0.689. The highest BCUT2D eigenvalue weighted by molar-refractivity contribution is 5.97. The van der Waals surface area contributed by atoms with E-state index in [4.69, 9.17) is 14.9 Å². The van der Waals surface area contributed by atoms with E-state index in [-0.39, 0.29) is 5.56 Å². The van der Waals surface area contributed by atoms with Gasteiger partial charge in [-0.05, 0) is 18.2 Å². The molecule has 0 heterocycles. The summed E-state index contributed by atoms with van der Waals surface area (Å²) in [5.74, 6) is -2.94. The van der Waals surface area contributed by atoms with Crippen molar-refractivity contribution in [1.29, 1.82) is 0 Å². The molecule has 0 aliphatic rings. The fraction of sp³-hybridized carbons (Fsp3) is 0.250. The Labute approximate surface area is 108 Å². The molecule has 0 saturated carbocycles. The molecule has 1 amide bonds. The maximum Gasteiger partial charge on any atom is 0.326 e. The van der Waals surface area contributed by atoms with Crippen LogP contribution in [-0.2, 0) is 9.59 Å². The highest BCUT2D eigenvalue weighted by Crippen LogP contribution is 2.12. The average Bonchev–Trinajstić information content (AvgIpc) is 2.37. The zero-order valence-electron chi connectivity index (χ0n) is 10.1. The Morgan fingerprint density at radius 1 is 1.32 bits per heavy atom. The molecular formula is C12H13NO6. The molecule has 3 N–H and O–H groups in total. The van der Waals surface area contributed by atoms with Gasteiger partial charge < -0.3 is 20.3 Å². The lowest BCUT2D eigenvalue weighted by Crippen LogP contribution is -2.42. The molecule has 102 valence electrons. The van der Waals surface area contributed by atoms with E-state index in [0.29, 0.717) is 5.75 Å². The smallest absolute Gasteiger partial charge is 0.326 e. The van der Waals surface area contributed by atoms with Crippen molar-refractivity contribution in [3.05, 3.63) is 29.8 Å². The van der Waals surface area contributed by atoms with Crippen LogP contribution in [0.15, 0.2) is 24.3 Å². The van der Waals surface area contributed by atoms with E-state index >= 15 is 0 Å². The number of rotatable bonds is 6. The molecule has 0 fully saturated rings. The van der Waals surface area contributed by atoms with Crippen LogP contribution in [0.25, 0.3) is 0 Å². The highest BCUT2D eigenvalue weighted by Gasteiger charge is 2.23. The summed E-state index contributed by atoms with van der Waals surface area (Å²) < 4.78 is 4.93. The minimum absolute atomic E-state index is 0.191. The van der Waals surface area contributed by atoms with E-state index in [9.17, 15) is 14.4 Å². The summed E-state index contributed by atoms with van der Waals surface area (Å²) in [6.45, 7) is 0. The lowest BCUT2D eigenvalue weighted by Gasteiger charge is -2.12. The topological polar surface area (TPSA) is 113 Å². The Hall–Kier alpha value is -2.57. The number of ether oxygens (including phenoxy) is 1. The number of hydrogen-bond donors (Lipinski definition) is 3. The normalized spacial score (nSPS) is 11.4. The largest absolute Gasteiger partial charge is 0.497 e. The first kappa shape index (κ1) is 14.5. The first-order valence-corrected chi connectivity index (χ1v) is 5.33. The Morgan fingerprint density at radius 2 is 2.00 bits per heavy atom. The maximum atomic E-state index is 11.8. The highest BCUT2D eigenvalue weighted by atomic mass is 16.5. The molecule has 1 aromatic rings. The second kappa shape index (κ2) is 6.39. The Kier molecular flexibility index (Phi) is 4.87. The van der Waals surface area contributed by atoms with E-state index in [1.807, 2.05) is 0 Å². The Balaban J connectivity index is 2.81. The van der Waals surface area contributed by atoms with Gasteiger partial charge in [0.1, 0.15) is 11.8 Å². The molecule has 0 bridgehead atoms. The number of amides is 1. The number of carbonyl (C=O) groups excluding carboxylic acids is 1. The SMILES string of the molecule is COc1cccc(C(=O)N[C@@H](CC(=O)O)C(=O)O)c1. The van der Waals surface area contributed by atoms with Gasteiger partial charge in [0.15, 0.2) is 0 Å². The second-order valence-electron chi connectivity index (χ2n) is 3.69. The van der Waals surface area contributed by atoms with Crippen LogP contribution in [-0.4, -0.2) is 41.2 Å². The van der Waals surface area contributed by atoms with Crippen LogP contribution in [0, 0.1) is 0 Å². The third kappa shape index (κ3) is 4.30. The number of benzene rings is 1. The van der Waals surface area contributed by atoms with Crippen LogP contribution in [0.4, 0.5) is 0 Å². The second-order valence-corrected chi connectivity index (χ2v) is 3.69. The lowest BCUT2D eigenvalue weighted by molar-refractivity contribution is -0.145. The monoisotopic (exact) mass is 267 g/mol. The zero-order chi connectivity index (χ0) is 14.4. The molecule has 0 radical (unpaired) electrons. The van der Waals surface area contributed by atoms with Gasteiger partial charge in [-0.1, -0.05) is 6.07 Å². The molecule has 0 saturated heterocycles. The van der Waals surface area contributed by atoms with Gasteiger partial charge >= 0.3 is 11.9 Å². The van der Waals surface area contributed by atoms with E-state index in [0.717, 1.165) is 0 Å². The van der Waals surface area contributed by atoms with Crippen molar-refractivity contribution in [2.75, 3.05) is 7.11 Å². The Bertz CT molecular complexity index is 499. The third-order valence-corrected chi connectivity index (χ3v) is 2.31. The van der Waals surface area contributed by atoms with Crippen molar-refractivity contribution in [3.63, 3.8) is 0 Å². The standard InChI is InChI=1S/C12H13NO6/c1-19-8-4-2-3-7(5-8)11(16)13-9(12(17)18)6-10(14)15/h2-5,9H,6H2,1H3,(H,13,16)(H,14,15)(H,17,18)/t9-/m0/s1. The van der Waals surface area contributed by atoms with Gasteiger partial charge in [-0.15, -0.1) is 0 Å². The average molecular weight is 267 g/mol. The fourth-order valence-corrected chi connectivity index (χ4v) is 1.38. The molecule has 1 aromatic carbocycles. The first-order chi connectivity index (χ1) is 8.93. The third-order valence-electron chi connectivity index (χ3n) is 2.31. The summed E-state index contributed by atoms with van der Waals surface area (Å²) in [5, 5.41) is 19.5. The first-order valence-electron chi connectivity index (χ1n) is 5.33. The van der Waals surface area contributed by atoms with Gasteiger partial charge in [0, 0.05) is 5.56 Å². The van der Waals surface area contributed by atoms with Gasteiger partial charge in [-0.3, -0.25) is 9.59 Å². The van der Waals surface area contributed by atoms with E-state index in [2.05, 4.69) is 5.32 Å². The zero-order valence-corrected chi connectivity index (χ0v) is 10.1. The number of aliphatic carboxylic acids is 2. The van der Waals surface area contributed by atoms with Crippen molar-refractivity contribution in [1.82, 2.24) is 5.32 Å². The predicted molar refractivity (Wildman–Crippen MR) is 64.1 cm³/mol. The van der Waals surface area contributed by atoms with E-state index < -0.39 is 30.3 Å². The molecule has 19 heavy (non-hydrogen) atoms. The number of carboxylic acids is 2. The van der Waals surface area contributed by atoms with Gasteiger partial charge in [0.05, 0.1) is 13.5 Å². The summed E-state index contributed by atoms with van der Waals surface area (Å²) in [6, 6.07) is 4.62. The lowest BCUT2D eigenvalue weighted by atomic mass is 10.1. The van der Waals surface area contributed by atoms with Crippen LogP contribution in [0.1, 0.15) is 16.8 Å². The summed E-state index contributed by atoms with van der Waals surface area (Å²) in [5.41, 5.74) is 0.191. The minimum atomic E-state index is -1.48. The van der Waals surface area contributed by atoms with E-state index in [1.165, 1.54) is 19.2 Å². The molecule has 0 aromatic heterocycles. The predicted octanol–water partition coefficient (Wildman–Crippen LogP) is 0.353. The van der Waals surface area contributed by atoms with Gasteiger partial charge in [0.2, 0.25) is 0 Å². The Morgan fingerprint density at radius 3 is 2.53 bits per heavy atom. The van der Waals surface area contributed by atoms with Crippen molar-refractivity contribution >= 4 is 17.8 Å². The van der Waals surface area contributed by atoms with Crippen molar-refractivity contribution in [3.8, 4) is 5.75 Å². The summed E-state index contributed by atoms with van der Waals surface area (Å²) in [7, 11) is 1.43. The van der Waals surface area contributed by atoms with Gasteiger partial charge in [-0.25, -0.2) is 4.79 Å². The molecule has 7 nitrogen and oxygen atoms in total. The van der Waals surface area contributed by atoms with Crippen molar-refractivity contribution < 1.29 is 29.3 Å². The molecular weight excluding hydrogens is 254 g/mol. The molecule has 0 spiro atoms. The van der Waals surface area contributed by atoms with Crippen LogP contribution < -0.4 is 10.1 Å². The van der Waals surface area contributed by atoms with Crippen LogP contribution in [0.5, 0.6) is 5.75 Å². The number of nitrogens with one attached hydrogen (secondary N) is 1.